The molecule has 1 unspecified atom stereocenters. The Balaban J connectivity index is 2.70. The van der Waals surface area contributed by atoms with Crippen molar-refractivity contribution in [3.8, 4) is 0 Å². The summed E-state index contributed by atoms with van der Waals surface area (Å²) < 4.78 is 13.2. The zero-order chi connectivity index (χ0) is 15.3. The SMILES string of the molecule is CC(C)NC(C)(CCN(C)c1cccc(F)c1)C(N)=O. The van der Waals surface area contributed by atoms with E-state index in [0.29, 0.717) is 13.0 Å². The van der Waals surface area contributed by atoms with E-state index in [1.807, 2.05) is 31.9 Å². The molecule has 0 saturated carbocycles. The average molecular weight is 281 g/mol. The molecule has 1 atom stereocenters. The molecular weight excluding hydrogens is 257 g/mol. The number of nitrogens with two attached hydrogens (primary N) is 1. The van der Waals surface area contributed by atoms with Crippen LogP contribution in [-0.2, 0) is 4.79 Å². The van der Waals surface area contributed by atoms with Gasteiger partial charge in [-0.25, -0.2) is 4.39 Å². The maximum absolute atomic E-state index is 13.2. The number of nitrogens with zero attached hydrogens (tertiary/aromatic N) is 1. The third-order valence-electron chi connectivity index (χ3n) is 3.35. The number of hydrogen-bond donors (Lipinski definition) is 2. The molecule has 1 amide bonds. The Morgan fingerprint density at radius 3 is 2.65 bits per heavy atom. The highest BCUT2D eigenvalue weighted by molar-refractivity contribution is 5.84. The van der Waals surface area contributed by atoms with Gasteiger partial charge in [-0.1, -0.05) is 6.07 Å². The fourth-order valence-corrected chi connectivity index (χ4v) is 2.14. The molecule has 20 heavy (non-hydrogen) atoms. The normalized spacial score (nSPS) is 14.1. The van der Waals surface area contributed by atoms with Gasteiger partial charge < -0.3 is 16.0 Å². The third-order valence-corrected chi connectivity index (χ3v) is 3.35. The molecule has 112 valence electrons. The number of hydrogen-bond acceptors (Lipinski definition) is 3. The quantitative estimate of drug-likeness (QED) is 0.802. The minimum atomic E-state index is -0.768. The average Bonchev–Trinajstić information content (AvgIpc) is 2.35. The summed E-state index contributed by atoms with van der Waals surface area (Å²) in [5.74, 6) is -0.647. The van der Waals surface area contributed by atoms with Crippen LogP contribution in [-0.4, -0.2) is 31.1 Å². The van der Waals surface area contributed by atoms with Crippen molar-refractivity contribution in [2.45, 2.75) is 38.8 Å². The fraction of sp³-hybridized carbons (Fsp3) is 0.533. The lowest BCUT2D eigenvalue weighted by Gasteiger charge is -2.32. The lowest BCUT2D eigenvalue weighted by Crippen LogP contribution is -2.56. The Morgan fingerprint density at radius 1 is 1.50 bits per heavy atom. The van der Waals surface area contributed by atoms with Crippen molar-refractivity contribution in [3.63, 3.8) is 0 Å². The van der Waals surface area contributed by atoms with E-state index in [4.69, 9.17) is 5.73 Å². The standard InChI is InChI=1S/C15H24FN3O/c1-11(2)18-15(3,14(17)20)8-9-19(4)13-7-5-6-12(16)10-13/h5-7,10-11,18H,8-9H2,1-4H3,(H2,17,20). The summed E-state index contributed by atoms with van der Waals surface area (Å²) in [6.07, 6.45) is 0.549. The molecule has 0 spiro atoms. The van der Waals surface area contributed by atoms with E-state index in [-0.39, 0.29) is 17.8 Å². The van der Waals surface area contributed by atoms with Gasteiger partial charge in [-0.05, 0) is 45.4 Å². The molecule has 0 bridgehead atoms. The molecule has 0 saturated heterocycles. The molecule has 1 rings (SSSR count). The van der Waals surface area contributed by atoms with Crippen LogP contribution >= 0.6 is 0 Å². The molecule has 4 nitrogen and oxygen atoms in total. The summed E-state index contributed by atoms with van der Waals surface area (Å²) >= 11 is 0. The number of halogens is 1. The van der Waals surface area contributed by atoms with Crippen molar-refractivity contribution in [2.75, 3.05) is 18.5 Å². The van der Waals surface area contributed by atoms with Crippen LogP contribution in [0.25, 0.3) is 0 Å². The van der Waals surface area contributed by atoms with E-state index < -0.39 is 5.54 Å². The summed E-state index contributed by atoms with van der Waals surface area (Å²) in [5, 5.41) is 3.20. The van der Waals surface area contributed by atoms with E-state index in [1.54, 1.807) is 13.0 Å². The topological polar surface area (TPSA) is 58.4 Å². The highest BCUT2D eigenvalue weighted by atomic mass is 19.1. The summed E-state index contributed by atoms with van der Waals surface area (Å²) in [5.41, 5.74) is 5.50. The first-order chi connectivity index (χ1) is 9.24. The predicted molar refractivity (Wildman–Crippen MR) is 80.2 cm³/mol. The Bertz CT molecular complexity index is 464. The lowest BCUT2D eigenvalue weighted by atomic mass is 9.95. The number of carbonyl (C=O) groups excluding carboxylic acids is 1. The molecule has 3 N–H and O–H groups in total. The fourth-order valence-electron chi connectivity index (χ4n) is 2.14. The Hall–Kier alpha value is -1.62. The first kappa shape index (κ1) is 16.4. The second-order valence-electron chi connectivity index (χ2n) is 5.65. The first-order valence-corrected chi connectivity index (χ1v) is 6.79. The number of primary amides is 1. The van der Waals surface area contributed by atoms with Crippen LogP contribution in [0.3, 0.4) is 0 Å². The minimum absolute atomic E-state index is 0.159. The smallest absolute Gasteiger partial charge is 0.237 e. The van der Waals surface area contributed by atoms with Gasteiger partial charge >= 0.3 is 0 Å². The number of rotatable bonds is 7. The molecule has 0 aliphatic heterocycles. The van der Waals surface area contributed by atoms with Crippen LogP contribution in [0.15, 0.2) is 24.3 Å². The zero-order valence-corrected chi connectivity index (χ0v) is 12.6. The van der Waals surface area contributed by atoms with E-state index >= 15 is 0 Å². The van der Waals surface area contributed by atoms with Gasteiger partial charge in [0.05, 0.1) is 5.54 Å². The highest BCUT2D eigenvalue weighted by Gasteiger charge is 2.31. The van der Waals surface area contributed by atoms with Crippen LogP contribution in [0.1, 0.15) is 27.2 Å². The molecule has 5 heteroatoms. The predicted octanol–water partition coefficient (Wildman–Crippen LogP) is 1.89. The molecule has 1 aromatic carbocycles. The van der Waals surface area contributed by atoms with Gasteiger partial charge in [0.2, 0.25) is 5.91 Å². The van der Waals surface area contributed by atoms with Gasteiger partial charge in [0.15, 0.2) is 0 Å². The number of nitrogens with one attached hydrogen (secondary N) is 1. The largest absolute Gasteiger partial charge is 0.374 e. The van der Waals surface area contributed by atoms with E-state index in [9.17, 15) is 9.18 Å². The van der Waals surface area contributed by atoms with Crippen LogP contribution < -0.4 is 16.0 Å². The number of benzene rings is 1. The van der Waals surface area contributed by atoms with Gasteiger partial charge in [0.1, 0.15) is 5.82 Å². The van der Waals surface area contributed by atoms with Crippen LogP contribution in [0.2, 0.25) is 0 Å². The number of amides is 1. The van der Waals surface area contributed by atoms with Crippen molar-refractivity contribution in [1.82, 2.24) is 5.32 Å². The van der Waals surface area contributed by atoms with Crippen LogP contribution in [0, 0.1) is 5.82 Å². The third kappa shape index (κ3) is 4.49. The van der Waals surface area contributed by atoms with Gasteiger partial charge in [-0.2, -0.15) is 0 Å². The van der Waals surface area contributed by atoms with Gasteiger partial charge in [-0.3, -0.25) is 4.79 Å². The van der Waals surface area contributed by atoms with Crippen molar-refractivity contribution >= 4 is 11.6 Å². The van der Waals surface area contributed by atoms with Gasteiger partial charge in [-0.15, -0.1) is 0 Å². The number of carbonyl (C=O) groups is 1. The van der Waals surface area contributed by atoms with Crippen LogP contribution in [0.4, 0.5) is 10.1 Å². The van der Waals surface area contributed by atoms with Gasteiger partial charge in [0, 0.05) is 25.3 Å². The maximum atomic E-state index is 13.2. The summed E-state index contributed by atoms with van der Waals surface area (Å²) in [4.78, 5) is 13.6. The Kier molecular flexibility index (Phi) is 5.51. The lowest BCUT2D eigenvalue weighted by molar-refractivity contribution is -0.124. The van der Waals surface area contributed by atoms with E-state index in [2.05, 4.69) is 5.32 Å². The number of anilines is 1. The van der Waals surface area contributed by atoms with Gasteiger partial charge in [0.25, 0.3) is 0 Å². The summed E-state index contributed by atoms with van der Waals surface area (Å²) in [7, 11) is 1.87. The first-order valence-electron chi connectivity index (χ1n) is 6.79. The van der Waals surface area contributed by atoms with Crippen LogP contribution in [0.5, 0.6) is 0 Å². The van der Waals surface area contributed by atoms with Crippen molar-refractivity contribution in [3.05, 3.63) is 30.1 Å². The van der Waals surface area contributed by atoms with Crippen molar-refractivity contribution in [2.24, 2.45) is 5.73 Å². The highest BCUT2D eigenvalue weighted by Crippen LogP contribution is 2.17. The molecular formula is C15H24FN3O. The van der Waals surface area contributed by atoms with Crippen molar-refractivity contribution in [1.29, 1.82) is 0 Å². The molecule has 0 heterocycles. The second-order valence-corrected chi connectivity index (χ2v) is 5.65. The Labute approximate surface area is 120 Å². The molecule has 0 aliphatic rings. The minimum Gasteiger partial charge on any atom is -0.374 e. The second kappa shape index (κ2) is 6.70. The Morgan fingerprint density at radius 2 is 2.15 bits per heavy atom. The molecule has 0 radical (unpaired) electrons. The molecule has 0 fully saturated rings. The molecule has 1 aromatic rings. The maximum Gasteiger partial charge on any atom is 0.237 e. The zero-order valence-electron chi connectivity index (χ0n) is 12.6. The summed E-state index contributed by atoms with van der Waals surface area (Å²) in [6.45, 7) is 6.34. The molecule has 0 aromatic heterocycles. The molecule has 0 aliphatic carbocycles. The monoisotopic (exact) mass is 281 g/mol. The van der Waals surface area contributed by atoms with E-state index in [0.717, 1.165) is 5.69 Å². The summed E-state index contributed by atoms with van der Waals surface area (Å²) in [6, 6.07) is 6.54. The van der Waals surface area contributed by atoms with E-state index in [1.165, 1.54) is 12.1 Å². The van der Waals surface area contributed by atoms with Crippen molar-refractivity contribution < 1.29 is 9.18 Å².